The number of hydrogen-bond acceptors (Lipinski definition) is 2. The van der Waals surface area contributed by atoms with Crippen LogP contribution < -0.4 is 5.73 Å². The number of rotatable bonds is 6. The van der Waals surface area contributed by atoms with Gasteiger partial charge >= 0.3 is 6.18 Å². The van der Waals surface area contributed by atoms with E-state index in [4.69, 9.17) is 5.73 Å². The third-order valence-corrected chi connectivity index (χ3v) is 3.42. The van der Waals surface area contributed by atoms with Crippen LogP contribution in [0.3, 0.4) is 0 Å². The van der Waals surface area contributed by atoms with Crippen molar-refractivity contribution in [3.05, 3.63) is 35.4 Å². The van der Waals surface area contributed by atoms with Crippen LogP contribution >= 0.6 is 12.4 Å². The first-order valence-corrected chi connectivity index (χ1v) is 6.98. The first-order chi connectivity index (χ1) is 9.81. The van der Waals surface area contributed by atoms with E-state index < -0.39 is 17.8 Å². The Balaban J connectivity index is 0.00000441. The molecule has 126 valence electrons. The van der Waals surface area contributed by atoms with Gasteiger partial charge in [-0.3, -0.25) is 4.79 Å². The van der Waals surface area contributed by atoms with Gasteiger partial charge in [-0.2, -0.15) is 13.2 Å². The lowest BCUT2D eigenvalue weighted by molar-refractivity contribution is -0.137. The van der Waals surface area contributed by atoms with Gasteiger partial charge in [-0.15, -0.1) is 12.4 Å². The fraction of sp³-hybridized carbons (Fsp3) is 0.533. The lowest BCUT2D eigenvalue weighted by Gasteiger charge is -2.29. The molecule has 0 radical (unpaired) electrons. The summed E-state index contributed by atoms with van der Waals surface area (Å²) in [5, 5.41) is 0. The highest BCUT2D eigenvalue weighted by Crippen LogP contribution is 2.32. The lowest BCUT2D eigenvalue weighted by Crippen LogP contribution is -2.33. The molecule has 1 rings (SSSR count). The Morgan fingerprint density at radius 3 is 2.50 bits per heavy atom. The van der Waals surface area contributed by atoms with Crippen molar-refractivity contribution in [2.45, 2.75) is 38.9 Å². The number of amides is 1. The fourth-order valence-electron chi connectivity index (χ4n) is 2.22. The van der Waals surface area contributed by atoms with Crippen LogP contribution in [0.2, 0.25) is 0 Å². The standard InChI is InChI=1S/C15H21F3N2O.ClH/c1-3-20(14(21)8-5-9-19)11(2)12-6-4-7-13(10-12)15(16,17)18;/h4,6-7,10-11H,3,5,8-9,19H2,1-2H3;1H. The van der Waals surface area contributed by atoms with Gasteiger partial charge in [0, 0.05) is 13.0 Å². The van der Waals surface area contributed by atoms with Crippen molar-refractivity contribution in [3.8, 4) is 0 Å². The largest absolute Gasteiger partial charge is 0.416 e. The van der Waals surface area contributed by atoms with Crippen LogP contribution in [-0.2, 0) is 11.0 Å². The van der Waals surface area contributed by atoms with Crippen LogP contribution in [-0.4, -0.2) is 23.9 Å². The minimum absolute atomic E-state index is 0. The zero-order valence-corrected chi connectivity index (χ0v) is 13.5. The van der Waals surface area contributed by atoms with E-state index in [0.29, 0.717) is 31.5 Å². The highest BCUT2D eigenvalue weighted by atomic mass is 35.5. The average Bonchev–Trinajstić information content (AvgIpc) is 2.45. The molecule has 1 aromatic carbocycles. The Hall–Kier alpha value is -1.27. The molecule has 0 aliphatic heterocycles. The topological polar surface area (TPSA) is 46.3 Å². The van der Waals surface area contributed by atoms with E-state index in [1.54, 1.807) is 17.9 Å². The van der Waals surface area contributed by atoms with E-state index in [1.807, 2.05) is 6.92 Å². The van der Waals surface area contributed by atoms with Gasteiger partial charge in [0.2, 0.25) is 5.91 Å². The van der Waals surface area contributed by atoms with Crippen LogP contribution in [0.15, 0.2) is 24.3 Å². The van der Waals surface area contributed by atoms with Crippen molar-refractivity contribution in [2.75, 3.05) is 13.1 Å². The number of hydrogen-bond donors (Lipinski definition) is 1. The van der Waals surface area contributed by atoms with E-state index >= 15 is 0 Å². The van der Waals surface area contributed by atoms with Crippen molar-refractivity contribution in [1.82, 2.24) is 4.90 Å². The maximum atomic E-state index is 12.7. The van der Waals surface area contributed by atoms with Crippen LogP contribution in [0, 0.1) is 0 Å². The summed E-state index contributed by atoms with van der Waals surface area (Å²) in [5.41, 5.74) is 5.16. The lowest BCUT2D eigenvalue weighted by atomic mass is 10.0. The Labute approximate surface area is 135 Å². The molecule has 0 saturated carbocycles. The number of carbonyl (C=O) groups excluding carboxylic acids is 1. The number of nitrogens with two attached hydrogens (primary N) is 1. The second-order valence-electron chi connectivity index (χ2n) is 4.87. The Bertz CT molecular complexity index is 480. The van der Waals surface area contributed by atoms with E-state index in [2.05, 4.69) is 0 Å². The minimum Gasteiger partial charge on any atom is -0.336 e. The molecule has 2 N–H and O–H groups in total. The van der Waals surface area contributed by atoms with Crippen molar-refractivity contribution >= 4 is 18.3 Å². The van der Waals surface area contributed by atoms with E-state index in [0.717, 1.165) is 12.1 Å². The zero-order chi connectivity index (χ0) is 16.0. The average molecular weight is 339 g/mol. The summed E-state index contributed by atoms with van der Waals surface area (Å²) in [6, 6.07) is 4.71. The second kappa shape index (κ2) is 9.00. The van der Waals surface area contributed by atoms with Gasteiger partial charge in [0.15, 0.2) is 0 Å². The van der Waals surface area contributed by atoms with Gasteiger partial charge in [0.25, 0.3) is 0 Å². The number of alkyl halides is 3. The maximum Gasteiger partial charge on any atom is 0.416 e. The van der Waals surface area contributed by atoms with Gasteiger partial charge in [-0.1, -0.05) is 12.1 Å². The Morgan fingerprint density at radius 1 is 1.36 bits per heavy atom. The second-order valence-corrected chi connectivity index (χ2v) is 4.87. The molecule has 0 spiro atoms. The van der Waals surface area contributed by atoms with Crippen LogP contribution in [0.1, 0.15) is 43.9 Å². The van der Waals surface area contributed by atoms with Crippen molar-refractivity contribution in [3.63, 3.8) is 0 Å². The quantitative estimate of drug-likeness (QED) is 0.858. The van der Waals surface area contributed by atoms with Gasteiger partial charge in [0.1, 0.15) is 0 Å². The SMILES string of the molecule is CCN(C(=O)CCCN)C(C)c1cccc(C(F)(F)F)c1.Cl. The number of halogens is 4. The molecule has 1 atom stereocenters. The first kappa shape index (κ1) is 20.7. The fourth-order valence-corrected chi connectivity index (χ4v) is 2.22. The smallest absolute Gasteiger partial charge is 0.336 e. The van der Waals surface area contributed by atoms with Crippen molar-refractivity contribution in [2.24, 2.45) is 5.73 Å². The molecule has 1 unspecified atom stereocenters. The molecule has 0 saturated heterocycles. The molecule has 0 aliphatic carbocycles. The third kappa shape index (κ3) is 5.50. The van der Waals surface area contributed by atoms with Crippen molar-refractivity contribution in [1.29, 1.82) is 0 Å². The highest BCUT2D eigenvalue weighted by Gasteiger charge is 2.31. The van der Waals surface area contributed by atoms with Crippen LogP contribution in [0.25, 0.3) is 0 Å². The van der Waals surface area contributed by atoms with E-state index in [1.165, 1.54) is 6.07 Å². The molecule has 0 bridgehead atoms. The summed E-state index contributed by atoms with van der Waals surface area (Å²) in [7, 11) is 0. The molecular weight excluding hydrogens is 317 g/mol. The molecular formula is C15H22ClF3N2O. The minimum atomic E-state index is -4.38. The molecule has 0 aliphatic rings. The molecule has 1 aromatic rings. The summed E-state index contributed by atoms with van der Waals surface area (Å²) >= 11 is 0. The third-order valence-electron chi connectivity index (χ3n) is 3.42. The van der Waals surface area contributed by atoms with Crippen molar-refractivity contribution < 1.29 is 18.0 Å². The summed E-state index contributed by atoms with van der Waals surface area (Å²) in [5.74, 6) is -0.0899. The molecule has 1 amide bonds. The monoisotopic (exact) mass is 338 g/mol. The normalized spacial score (nSPS) is 12.5. The highest BCUT2D eigenvalue weighted by molar-refractivity contribution is 5.85. The molecule has 7 heteroatoms. The molecule has 3 nitrogen and oxygen atoms in total. The molecule has 0 aromatic heterocycles. The van der Waals surface area contributed by atoms with E-state index in [-0.39, 0.29) is 18.3 Å². The first-order valence-electron chi connectivity index (χ1n) is 6.98. The molecule has 22 heavy (non-hydrogen) atoms. The number of nitrogens with zero attached hydrogens (tertiary/aromatic N) is 1. The summed E-state index contributed by atoms with van der Waals surface area (Å²) < 4.78 is 38.2. The van der Waals surface area contributed by atoms with Crippen LogP contribution in [0.5, 0.6) is 0 Å². The summed E-state index contributed by atoms with van der Waals surface area (Å²) in [6.45, 7) is 4.41. The van der Waals surface area contributed by atoms with E-state index in [9.17, 15) is 18.0 Å². The Morgan fingerprint density at radius 2 is 2.00 bits per heavy atom. The predicted molar refractivity (Wildman–Crippen MR) is 82.8 cm³/mol. The van der Waals surface area contributed by atoms with Gasteiger partial charge in [-0.05, 0) is 44.5 Å². The zero-order valence-electron chi connectivity index (χ0n) is 12.7. The van der Waals surface area contributed by atoms with Crippen LogP contribution in [0.4, 0.5) is 13.2 Å². The Kier molecular flexibility index (Phi) is 8.48. The predicted octanol–water partition coefficient (Wildman–Crippen LogP) is 3.78. The van der Waals surface area contributed by atoms with Gasteiger partial charge in [-0.25, -0.2) is 0 Å². The van der Waals surface area contributed by atoms with Gasteiger partial charge in [0.05, 0.1) is 11.6 Å². The molecule has 0 fully saturated rings. The number of benzene rings is 1. The summed E-state index contributed by atoms with van der Waals surface area (Å²) in [4.78, 5) is 13.7. The summed E-state index contributed by atoms with van der Waals surface area (Å²) in [6.07, 6.45) is -3.49. The maximum absolute atomic E-state index is 12.7. The molecule has 0 heterocycles. The number of carbonyl (C=O) groups is 1. The van der Waals surface area contributed by atoms with Gasteiger partial charge < -0.3 is 10.6 Å².